The van der Waals surface area contributed by atoms with Crippen molar-refractivity contribution in [2.75, 3.05) is 13.2 Å². The van der Waals surface area contributed by atoms with E-state index in [9.17, 15) is 19.2 Å². The molecule has 3 amide bonds. The molecule has 236 valence electrons. The van der Waals surface area contributed by atoms with Gasteiger partial charge in [-0.05, 0) is 87.1 Å². The lowest BCUT2D eigenvalue weighted by Crippen LogP contribution is -2.50. The molecule has 2 heterocycles. The van der Waals surface area contributed by atoms with Crippen molar-refractivity contribution in [1.29, 1.82) is 0 Å². The van der Waals surface area contributed by atoms with Crippen molar-refractivity contribution < 1.29 is 28.8 Å². The summed E-state index contributed by atoms with van der Waals surface area (Å²) in [5, 5.41) is 5.10. The van der Waals surface area contributed by atoms with Gasteiger partial charge in [0.25, 0.3) is 5.91 Å². The topological polar surface area (TPSA) is 172 Å². The van der Waals surface area contributed by atoms with Crippen LogP contribution in [0.2, 0.25) is 0 Å². The van der Waals surface area contributed by atoms with E-state index in [4.69, 9.17) is 27.5 Å². The molecule has 5 aliphatic rings. The number of imidazole rings is 1. The fourth-order valence-corrected chi connectivity index (χ4v) is 8.44. The first-order valence-corrected chi connectivity index (χ1v) is 15.7. The van der Waals surface area contributed by atoms with Crippen LogP contribution in [-0.4, -0.2) is 74.2 Å². The summed E-state index contributed by atoms with van der Waals surface area (Å²) < 4.78 is 5.46. The number of hydrazine groups is 1. The lowest BCUT2D eigenvalue weighted by atomic mass is 9.50. The Balaban J connectivity index is 0.951. The second-order valence-electron chi connectivity index (χ2n) is 13.0. The van der Waals surface area contributed by atoms with E-state index in [1.54, 1.807) is 0 Å². The predicted octanol–water partition coefficient (Wildman–Crippen LogP) is 2.46. The van der Waals surface area contributed by atoms with Crippen LogP contribution in [0.3, 0.4) is 0 Å². The number of aromatic nitrogens is 2. The molecule has 2 atom stereocenters. The third-order valence-corrected chi connectivity index (χ3v) is 9.78. The zero-order chi connectivity index (χ0) is 31.0. The van der Waals surface area contributed by atoms with Gasteiger partial charge in [0.1, 0.15) is 11.9 Å². The second kappa shape index (κ2) is 12.3. The zero-order valence-corrected chi connectivity index (χ0v) is 25.6. The zero-order valence-electron chi connectivity index (χ0n) is 24.8. The van der Waals surface area contributed by atoms with Crippen molar-refractivity contribution in [2.45, 2.75) is 76.8 Å². The Morgan fingerprint density at radius 1 is 1.18 bits per heavy atom. The van der Waals surface area contributed by atoms with Crippen LogP contribution in [0.25, 0.3) is 11.0 Å². The van der Waals surface area contributed by atoms with Crippen LogP contribution in [0.4, 0.5) is 4.79 Å². The lowest BCUT2D eigenvalue weighted by molar-refractivity contribution is -0.157. The standard InChI is InChI=1S/C30H39N7O6S/c1-17(38)36(7-6-26(39)43-35-29(41)42-16-30-13-18-8-19(14-30)10-20(9-18)15-30)37-27(40)24(34-28(37)44)11-21(31)12-25-32-22-4-2-3-5-23(22)33-25/h2-5,18-21,24H,6-16,31H2,1H3,(H,32,33)(H,34,44)(H,35,41)/t18?,19?,20?,21-,24-,30?/m0/s1. The monoisotopic (exact) mass is 625 g/mol. The highest BCUT2D eigenvalue weighted by atomic mass is 32.1. The van der Waals surface area contributed by atoms with Crippen molar-refractivity contribution in [3.8, 4) is 0 Å². The van der Waals surface area contributed by atoms with Gasteiger partial charge in [0.15, 0.2) is 5.11 Å². The average Bonchev–Trinajstić information content (AvgIpc) is 3.49. The Hall–Kier alpha value is -3.78. The molecule has 2 aromatic rings. The number of hydrogen-bond donors (Lipinski definition) is 4. The quantitative estimate of drug-likeness (QED) is 0.227. The normalized spacial score (nSPS) is 27.7. The summed E-state index contributed by atoms with van der Waals surface area (Å²) in [5.74, 6) is 1.16. The third kappa shape index (κ3) is 6.50. The summed E-state index contributed by atoms with van der Waals surface area (Å²) in [6.45, 7) is 1.40. The van der Waals surface area contributed by atoms with Crippen molar-refractivity contribution >= 4 is 52.2 Å². The number of carbonyl (C=O) groups is 4. The van der Waals surface area contributed by atoms with E-state index in [0.717, 1.165) is 58.1 Å². The first kappa shape index (κ1) is 30.3. The molecule has 4 saturated carbocycles. The molecule has 1 aromatic carbocycles. The van der Waals surface area contributed by atoms with Gasteiger partial charge in [0, 0.05) is 24.8 Å². The summed E-state index contributed by atoms with van der Waals surface area (Å²) >= 11 is 5.36. The van der Waals surface area contributed by atoms with Crippen LogP contribution in [0.15, 0.2) is 24.3 Å². The number of nitrogens with zero attached hydrogens (tertiary/aromatic N) is 3. The number of nitrogens with one attached hydrogen (secondary N) is 3. The van der Waals surface area contributed by atoms with Crippen LogP contribution in [0.5, 0.6) is 0 Å². The van der Waals surface area contributed by atoms with E-state index in [0.29, 0.717) is 18.9 Å². The maximum absolute atomic E-state index is 13.3. The minimum atomic E-state index is -0.820. The molecule has 7 rings (SSSR count). The molecule has 4 aliphatic carbocycles. The average molecular weight is 626 g/mol. The summed E-state index contributed by atoms with van der Waals surface area (Å²) in [7, 11) is 0. The van der Waals surface area contributed by atoms with Gasteiger partial charge in [0.2, 0.25) is 5.91 Å². The Kier molecular flexibility index (Phi) is 8.46. The van der Waals surface area contributed by atoms with E-state index >= 15 is 0 Å². The number of H-pyrrole nitrogens is 1. The van der Waals surface area contributed by atoms with Gasteiger partial charge in [0.05, 0.1) is 30.6 Å². The van der Waals surface area contributed by atoms with E-state index in [-0.39, 0.29) is 29.9 Å². The third-order valence-electron chi connectivity index (χ3n) is 9.48. The first-order chi connectivity index (χ1) is 21.1. The fraction of sp³-hybridized carbons (Fsp3) is 0.600. The van der Waals surface area contributed by atoms with Crippen LogP contribution < -0.4 is 16.5 Å². The molecule has 13 nitrogen and oxygen atoms in total. The molecule has 44 heavy (non-hydrogen) atoms. The van der Waals surface area contributed by atoms with Crippen LogP contribution in [-0.2, 0) is 30.4 Å². The second-order valence-corrected chi connectivity index (χ2v) is 13.4. The first-order valence-electron chi connectivity index (χ1n) is 15.3. The molecule has 14 heteroatoms. The predicted molar refractivity (Wildman–Crippen MR) is 162 cm³/mol. The summed E-state index contributed by atoms with van der Waals surface area (Å²) in [5.41, 5.74) is 10.2. The van der Waals surface area contributed by atoms with Gasteiger partial charge in [-0.1, -0.05) is 12.1 Å². The number of rotatable bonds is 10. The molecule has 5 fully saturated rings. The van der Waals surface area contributed by atoms with Gasteiger partial charge >= 0.3 is 12.1 Å². The number of para-hydroxylation sites is 2. The number of amides is 3. The number of fused-ring (bicyclic) bond motifs is 1. The maximum Gasteiger partial charge on any atom is 0.440 e. The molecule has 0 radical (unpaired) electrons. The van der Waals surface area contributed by atoms with Crippen LogP contribution in [0.1, 0.15) is 64.1 Å². The number of benzene rings is 1. The smallest absolute Gasteiger partial charge is 0.440 e. The van der Waals surface area contributed by atoms with Crippen molar-refractivity contribution in [3.05, 3.63) is 30.1 Å². The van der Waals surface area contributed by atoms with Crippen LogP contribution in [0, 0.1) is 23.2 Å². The van der Waals surface area contributed by atoms with Gasteiger partial charge < -0.3 is 25.6 Å². The highest BCUT2D eigenvalue weighted by Crippen LogP contribution is 2.60. The molecule has 4 bridgehead atoms. The molecule has 0 spiro atoms. The largest absolute Gasteiger partial charge is 0.447 e. The number of aromatic amines is 1. The number of hydrogen-bond acceptors (Lipinski definition) is 9. The molecule has 1 saturated heterocycles. The SMILES string of the molecule is CC(=O)N(CCC(=O)ONC(=O)OCC12CC3CC(CC(C3)C1)C2)N1C(=O)[C@H](C[C@H](N)Cc2nc3ccccc3[nH]2)NC1=S. The van der Waals surface area contributed by atoms with E-state index in [1.165, 1.54) is 26.2 Å². The highest BCUT2D eigenvalue weighted by molar-refractivity contribution is 7.80. The number of ether oxygens (including phenoxy) is 1. The van der Waals surface area contributed by atoms with E-state index < -0.39 is 36.0 Å². The van der Waals surface area contributed by atoms with Crippen molar-refractivity contribution in [3.63, 3.8) is 0 Å². The lowest BCUT2D eigenvalue weighted by Gasteiger charge is -2.56. The number of thiocarbonyl (C=S) groups is 1. The van der Waals surface area contributed by atoms with E-state index in [2.05, 4.69) is 20.8 Å². The minimum absolute atomic E-state index is 0.0332. The molecule has 5 N–H and O–H groups in total. The molecular weight excluding hydrogens is 586 g/mol. The molecule has 0 unspecified atom stereocenters. The Morgan fingerprint density at radius 2 is 1.86 bits per heavy atom. The Morgan fingerprint density at radius 3 is 2.52 bits per heavy atom. The highest BCUT2D eigenvalue weighted by Gasteiger charge is 2.51. The van der Waals surface area contributed by atoms with Gasteiger partial charge in [-0.2, -0.15) is 5.01 Å². The van der Waals surface area contributed by atoms with Gasteiger partial charge in [-0.25, -0.2) is 19.6 Å². The number of carbonyl (C=O) groups excluding carboxylic acids is 4. The summed E-state index contributed by atoms with van der Waals surface area (Å²) in [6, 6.07) is 6.47. The summed E-state index contributed by atoms with van der Waals surface area (Å²) in [4.78, 5) is 63.1. The van der Waals surface area contributed by atoms with E-state index in [1.807, 2.05) is 24.3 Å². The number of hydroxylamine groups is 1. The van der Waals surface area contributed by atoms with Crippen molar-refractivity contribution in [1.82, 2.24) is 30.8 Å². The number of nitrogens with two attached hydrogens (primary N) is 1. The molecule has 1 aliphatic heterocycles. The van der Waals surface area contributed by atoms with Gasteiger partial charge in [-0.15, -0.1) is 5.48 Å². The molecule has 1 aromatic heterocycles. The minimum Gasteiger partial charge on any atom is -0.447 e. The van der Waals surface area contributed by atoms with Crippen molar-refractivity contribution in [2.24, 2.45) is 28.9 Å². The van der Waals surface area contributed by atoms with Gasteiger partial charge in [-0.3, -0.25) is 9.59 Å². The van der Waals surface area contributed by atoms with Crippen LogP contribution >= 0.6 is 12.2 Å². The fourth-order valence-electron chi connectivity index (χ4n) is 8.10. The molecular formula is C30H39N7O6S. The summed E-state index contributed by atoms with van der Waals surface area (Å²) in [6.07, 6.45) is 6.69. The maximum atomic E-state index is 13.3. The Labute approximate surface area is 260 Å². The Bertz CT molecular complexity index is 1390.